The zero-order valence-electron chi connectivity index (χ0n) is 11.9. The van der Waals surface area contributed by atoms with E-state index in [1.54, 1.807) is 0 Å². The van der Waals surface area contributed by atoms with E-state index in [4.69, 9.17) is 9.47 Å². The zero-order valence-corrected chi connectivity index (χ0v) is 11.9. The first kappa shape index (κ1) is 14.4. The van der Waals surface area contributed by atoms with Gasteiger partial charge in [0.15, 0.2) is 0 Å². The first-order valence-corrected chi connectivity index (χ1v) is 7.42. The maximum atomic E-state index is 5.74. The molecular formula is C16H25NO2. The molecule has 0 bridgehead atoms. The fourth-order valence-corrected chi connectivity index (χ4v) is 2.20. The van der Waals surface area contributed by atoms with Crippen LogP contribution in [-0.2, 0) is 11.3 Å². The number of hydrogen-bond acceptors (Lipinski definition) is 3. The summed E-state index contributed by atoms with van der Waals surface area (Å²) in [6, 6.07) is 8.35. The lowest BCUT2D eigenvalue weighted by Gasteiger charge is -2.12. The molecule has 3 nitrogen and oxygen atoms in total. The largest absolute Gasteiger partial charge is 0.491 e. The summed E-state index contributed by atoms with van der Waals surface area (Å²) in [5.41, 5.74) is 1.31. The number of nitrogens with one attached hydrogen (secondary N) is 1. The van der Waals surface area contributed by atoms with Crippen LogP contribution in [0.5, 0.6) is 5.75 Å². The topological polar surface area (TPSA) is 30.5 Å². The van der Waals surface area contributed by atoms with E-state index in [0.717, 1.165) is 38.3 Å². The lowest BCUT2D eigenvalue weighted by molar-refractivity contribution is 0.0679. The molecule has 0 radical (unpaired) electrons. The van der Waals surface area contributed by atoms with Gasteiger partial charge in [-0.2, -0.15) is 0 Å². The van der Waals surface area contributed by atoms with Crippen molar-refractivity contribution in [1.29, 1.82) is 0 Å². The maximum Gasteiger partial charge on any atom is 0.119 e. The van der Waals surface area contributed by atoms with E-state index >= 15 is 0 Å². The van der Waals surface area contributed by atoms with Gasteiger partial charge in [-0.15, -0.1) is 0 Å². The highest BCUT2D eigenvalue weighted by Gasteiger charge is 2.15. The highest BCUT2D eigenvalue weighted by Crippen LogP contribution is 2.16. The average molecular weight is 263 g/mol. The van der Waals surface area contributed by atoms with Crippen LogP contribution >= 0.6 is 0 Å². The van der Waals surface area contributed by atoms with Gasteiger partial charge in [-0.25, -0.2) is 0 Å². The van der Waals surface area contributed by atoms with Gasteiger partial charge in [0, 0.05) is 13.2 Å². The van der Waals surface area contributed by atoms with Crippen LogP contribution < -0.4 is 10.1 Å². The standard InChI is InChI=1S/C16H25NO2/c1-2-3-10-17-12-14-6-8-15(9-7-14)19-13-16-5-4-11-18-16/h6-9,16-17H,2-5,10-13H2,1H3. The molecule has 0 amide bonds. The third-order valence-corrected chi connectivity index (χ3v) is 3.42. The van der Waals surface area contributed by atoms with Crippen LogP contribution in [0.2, 0.25) is 0 Å². The fraction of sp³-hybridized carbons (Fsp3) is 0.625. The Labute approximate surface area is 116 Å². The van der Waals surface area contributed by atoms with E-state index in [1.165, 1.54) is 18.4 Å². The van der Waals surface area contributed by atoms with Crippen LogP contribution in [0, 0.1) is 0 Å². The molecule has 0 saturated carbocycles. The minimum Gasteiger partial charge on any atom is -0.491 e. The fourth-order valence-electron chi connectivity index (χ4n) is 2.20. The van der Waals surface area contributed by atoms with Crippen molar-refractivity contribution in [3.63, 3.8) is 0 Å². The molecule has 1 aliphatic rings. The van der Waals surface area contributed by atoms with Gasteiger partial charge in [-0.05, 0) is 43.5 Å². The van der Waals surface area contributed by atoms with Gasteiger partial charge in [-0.3, -0.25) is 0 Å². The molecule has 19 heavy (non-hydrogen) atoms. The van der Waals surface area contributed by atoms with E-state index in [-0.39, 0.29) is 6.10 Å². The quantitative estimate of drug-likeness (QED) is 0.731. The molecular weight excluding hydrogens is 238 g/mol. The SMILES string of the molecule is CCCCNCc1ccc(OCC2CCCO2)cc1. The number of rotatable bonds is 8. The molecule has 3 heteroatoms. The first-order valence-electron chi connectivity index (χ1n) is 7.42. The monoisotopic (exact) mass is 263 g/mol. The molecule has 1 fully saturated rings. The Morgan fingerprint density at radius 3 is 2.84 bits per heavy atom. The van der Waals surface area contributed by atoms with Crippen molar-refractivity contribution < 1.29 is 9.47 Å². The van der Waals surface area contributed by atoms with Gasteiger partial charge in [-0.1, -0.05) is 25.5 Å². The Bertz CT molecular complexity index is 344. The highest BCUT2D eigenvalue weighted by molar-refractivity contribution is 5.27. The zero-order chi connectivity index (χ0) is 13.3. The average Bonchev–Trinajstić information content (AvgIpc) is 2.96. The van der Waals surface area contributed by atoms with Crippen LogP contribution in [-0.4, -0.2) is 25.9 Å². The number of unbranched alkanes of at least 4 members (excludes halogenated alkanes) is 1. The minimum atomic E-state index is 0.287. The smallest absolute Gasteiger partial charge is 0.119 e. The Morgan fingerprint density at radius 1 is 1.32 bits per heavy atom. The lowest BCUT2D eigenvalue weighted by Crippen LogP contribution is -2.16. The van der Waals surface area contributed by atoms with E-state index in [2.05, 4.69) is 24.4 Å². The van der Waals surface area contributed by atoms with Crippen molar-refractivity contribution in [2.24, 2.45) is 0 Å². The van der Waals surface area contributed by atoms with Crippen molar-refractivity contribution in [2.45, 2.75) is 45.3 Å². The number of hydrogen-bond donors (Lipinski definition) is 1. The van der Waals surface area contributed by atoms with E-state index in [1.807, 2.05) is 12.1 Å². The van der Waals surface area contributed by atoms with Gasteiger partial charge in [0.05, 0.1) is 6.10 Å². The number of ether oxygens (including phenoxy) is 2. The molecule has 1 atom stereocenters. The molecule has 1 N–H and O–H groups in total. The second-order valence-electron chi connectivity index (χ2n) is 5.12. The molecule has 1 unspecified atom stereocenters. The van der Waals surface area contributed by atoms with Gasteiger partial charge < -0.3 is 14.8 Å². The van der Waals surface area contributed by atoms with Gasteiger partial charge in [0.25, 0.3) is 0 Å². The number of benzene rings is 1. The van der Waals surface area contributed by atoms with Gasteiger partial charge >= 0.3 is 0 Å². The van der Waals surface area contributed by atoms with Crippen molar-refractivity contribution in [3.8, 4) is 5.75 Å². The van der Waals surface area contributed by atoms with Crippen molar-refractivity contribution in [3.05, 3.63) is 29.8 Å². The minimum absolute atomic E-state index is 0.287. The van der Waals surface area contributed by atoms with Gasteiger partial charge in [0.1, 0.15) is 12.4 Å². The predicted octanol–water partition coefficient (Wildman–Crippen LogP) is 3.13. The van der Waals surface area contributed by atoms with E-state index in [0.29, 0.717) is 6.61 Å². The summed E-state index contributed by atoms with van der Waals surface area (Å²) in [7, 11) is 0. The molecule has 0 aliphatic carbocycles. The van der Waals surface area contributed by atoms with Crippen LogP contribution in [0.3, 0.4) is 0 Å². The van der Waals surface area contributed by atoms with Crippen LogP contribution in [0.4, 0.5) is 0 Å². The van der Waals surface area contributed by atoms with Crippen molar-refractivity contribution in [2.75, 3.05) is 19.8 Å². The summed E-state index contributed by atoms with van der Waals surface area (Å²) >= 11 is 0. The first-order chi connectivity index (χ1) is 9.38. The Balaban J connectivity index is 1.68. The summed E-state index contributed by atoms with van der Waals surface area (Å²) in [6.45, 7) is 5.80. The molecule has 1 aromatic carbocycles. The summed E-state index contributed by atoms with van der Waals surface area (Å²) in [5.74, 6) is 0.938. The molecule has 1 aromatic rings. The Hall–Kier alpha value is -1.06. The molecule has 1 saturated heterocycles. The van der Waals surface area contributed by atoms with E-state index in [9.17, 15) is 0 Å². The normalized spacial score (nSPS) is 18.7. The third-order valence-electron chi connectivity index (χ3n) is 3.42. The second-order valence-corrected chi connectivity index (χ2v) is 5.12. The van der Waals surface area contributed by atoms with Crippen LogP contribution in [0.15, 0.2) is 24.3 Å². The van der Waals surface area contributed by atoms with Crippen molar-refractivity contribution >= 4 is 0 Å². The van der Waals surface area contributed by atoms with Crippen LogP contribution in [0.1, 0.15) is 38.2 Å². The van der Waals surface area contributed by atoms with Gasteiger partial charge in [0.2, 0.25) is 0 Å². The Kier molecular flexibility index (Phi) is 6.18. The summed E-state index contributed by atoms with van der Waals surface area (Å²) in [4.78, 5) is 0. The van der Waals surface area contributed by atoms with Crippen LogP contribution in [0.25, 0.3) is 0 Å². The summed E-state index contributed by atoms with van der Waals surface area (Å²) in [5, 5.41) is 3.44. The lowest BCUT2D eigenvalue weighted by atomic mass is 10.2. The molecule has 1 heterocycles. The van der Waals surface area contributed by atoms with E-state index < -0.39 is 0 Å². The molecule has 106 valence electrons. The predicted molar refractivity (Wildman–Crippen MR) is 77.5 cm³/mol. The molecule has 2 rings (SSSR count). The highest BCUT2D eigenvalue weighted by atomic mass is 16.5. The molecule has 0 aromatic heterocycles. The summed E-state index contributed by atoms with van der Waals surface area (Å²) in [6.07, 6.45) is 5.05. The molecule has 1 aliphatic heterocycles. The Morgan fingerprint density at radius 2 is 2.16 bits per heavy atom. The maximum absolute atomic E-state index is 5.74. The summed E-state index contributed by atoms with van der Waals surface area (Å²) < 4.78 is 11.3. The second kappa shape index (κ2) is 8.18. The van der Waals surface area contributed by atoms with Crippen molar-refractivity contribution in [1.82, 2.24) is 5.32 Å². The third kappa shape index (κ3) is 5.21. The molecule has 0 spiro atoms.